The lowest BCUT2D eigenvalue weighted by Gasteiger charge is -2.07. The average molecular weight is 377 g/mol. The van der Waals surface area contributed by atoms with E-state index >= 15 is 0 Å². The van der Waals surface area contributed by atoms with Crippen LogP contribution in [0.15, 0.2) is 62.7 Å². The van der Waals surface area contributed by atoms with Crippen LogP contribution in [0.1, 0.15) is 35.0 Å². The van der Waals surface area contributed by atoms with Gasteiger partial charge in [-0.25, -0.2) is 9.59 Å². The van der Waals surface area contributed by atoms with Gasteiger partial charge >= 0.3 is 5.97 Å². The highest BCUT2D eigenvalue weighted by molar-refractivity contribution is 5.95. The van der Waals surface area contributed by atoms with E-state index in [0.29, 0.717) is 0 Å². The zero-order valence-corrected chi connectivity index (χ0v) is 15.4. The van der Waals surface area contributed by atoms with E-state index in [0.717, 1.165) is 24.8 Å². The summed E-state index contributed by atoms with van der Waals surface area (Å²) in [6.45, 7) is 1.73. The number of esters is 1. The summed E-state index contributed by atoms with van der Waals surface area (Å²) in [5, 5.41) is 0.263. The first kappa shape index (κ1) is 19.3. The molecule has 0 spiro atoms. The third-order valence-electron chi connectivity index (χ3n) is 4.32. The summed E-state index contributed by atoms with van der Waals surface area (Å²) in [6.07, 6.45) is 3.92. The Morgan fingerprint density at radius 3 is 2.57 bits per heavy atom. The van der Waals surface area contributed by atoms with E-state index in [1.54, 1.807) is 19.1 Å². The van der Waals surface area contributed by atoms with E-state index < -0.39 is 11.4 Å². The molecule has 0 fully saturated rings. The van der Waals surface area contributed by atoms with E-state index in [-0.39, 0.29) is 29.0 Å². The number of hydrogen-bond acceptors (Lipinski definition) is 6. The van der Waals surface area contributed by atoms with Crippen molar-refractivity contribution in [1.29, 1.82) is 0 Å². The van der Waals surface area contributed by atoms with Crippen molar-refractivity contribution >= 4 is 28.7 Å². The number of aliphatic imine (C=N–C) groups is 1. The van der Waals surface area contributed by atoms with Crippen molar-refractivity contribution in [3.05, 3.63) is 75.6 Å². The van der Waals surface area contributed by atoms with E-state index in [1.807, 2.05) is 24.3 Å². The predicted octanol–water partition coefficient (Wildman–Crippen LogP) is 4.11. The molecular weight excluding hydrogens is 358 g/mol. The quantitative estimate of drug-likeness (QED) is 0.351. The molecule has 0 atom stereocenters. The van der Waals surface area contributed by atoms with Gasteiger partial charge in [-0.2, -0.15) is 4.99 Å². The van der Waals surface area contributed by atoms with Gasteiger partial charge in [-0.05, 0) is 49.4 Å². The Balaban J connectivity index is 1.91. The first-order chi connectivity index (χ1) is 13.6. The minimum Gasteiger partial charge on any atom is -0.460 e. The van der Waals surface area contributed by atoms with E-state index in [1.165, 1.54) is 11.6 Å². The molecule has 3 aromatic rings. The van der Waals surface area contributed by atoms with Crippen molar-refractivity contribution in [2.75, 3.05) is 6.61 Å². The zero-order chi connectivity index (χ0) is 19.9. The lowest BCUT2D eigenvalue weighted by atomic mass is 10.0. The van der Waals surface area contributed by atoms with Crippen molar-refractivity contribution in [2.24, 2.45) is 4.99 Å². The zero-order valence-electron chi connectivity index (χ0n) is 15.4. The van der Waals surface area contributed by atoms with Crippen LogP contribution in [0.5, 0.6) is 0 Å². The normalized spacial score (nSPS) is 10.5. The summed E-state index contributed by atoms with van der Waals surface area (Å²) in [5.74, 6) is -1.23. The number of hydrogen-bond donors (Lipinski definition) is 0. The number of nitrogens with zero attached hydrogens (tertiary/aromatic N) is 1. The van der Waals surface area contributed by atoms with Crippen LogP contribution < -0.4 is 5.43 Å². The molecule has 6 nitrogen and oxygen atoms in total. The van der Waals surface area contributed by atoms with Gasteiger partial charge in [-0.3, -0.25) is 4.79 Å². The average Bonchev–Trinajstić information content (AvgIpc) is 2.71. The maximum absolute atomic E-state index is 12.8. The van der Waals surface area contributed by atoms with E-state index in [9.17, 15) is 14.4 Å². The molecule has 0 saturated carbocycles. The molecule has 28 heavy (non-hydrogen) atoms. The second kappa shape index (κ2) is 8.93. The van der Waals surface area contributed by atoms with Crippen molar-refractivity contribution in [3.8, 4) is 0 Å². The van der Waals surface area contributed by atoms with Crippen molar-refractivity contribution in [3.63, 3.8) is 0 Å². The van der Waals surface area contributed by atoms with E-state index in [4.69, 9.17) is 9.15 Å². The topological polar surface area (TPSA) is 85.9 Å². The highest BCUT2D eigenvalue weighted by Crippen LogP contribution is 2.23. The number of isocyanates is 1. The van der Waals surface area contributed by atoms with Crippen LogP contribution in [0.4, 0.5) is 5.69 Å². The lowest BCUT2D eigenvalue weighted by Crippen LogP contribution is -2.12. The molecule has 1 aromatic heterocycles. The molecule has 1 heterocycles. The van der Waals surface area contributed by atoms with Crippen LogP contribution >= 0.6 is 0 Å². The minimum atomic E-state index is -0.845. The first-order valence-electron chi connectivity index (χ1n) is 9.02. The van der Waals surface area contributed by atoms with Crippen LogP contribution in [0.2, 0.25) is 0 Å². The number of aryl methyl sites for hydroxylation is 2. The fourth-order valence-electron chi connectivity index (χ4n) is 3.01. The number of ether oxygens (including phenoxy) is 1. The standard InChI is InChI=1S/C22H19NO5/c1-2-27-22(26)21-19(23-14-24)20(25)17-13-16(11-12-18(17)28-21)10-6-9-15-7-4-3-5-8-15/h3-5,7-8,11-13H,2,6,9-10H2,1H3. The largest absolute Gasteiger partial charge is 0.460 e. The number of carbonyl (C=O) groups excluding carboxylic acids is 2. The highest BCUT2D eigenvalue weighted by atomic mass is 16.5. The third kappa shape index (κ3) is 4.24. The summed E-state index contributed by atoms with van der Waals surface area (Å²) < 4.78 is 10.4. The molecule has 0 aliphatic rings. The Hall–Kier alpha value is -3.50. The molecule has 0 unspecified atom stereocenters. The van der Waals surface area contributed by atoms with Gasteiger partial charge in [0.05, 0.1) is 12.0 Å². The molecule has 0 saturated heterocycles. The van der Waals surface area contributed by atoms with Crippen LogP contribution in [-0.4, -0.2) is 18.7 Å². The third-order valence-corrected chi connectivity index (χ3v) is 4.32. The Morgan fingerprint density at radius 2 is 1.86 bits per heavy atom. The van der Waals surface area contributed by atoms with Crippen molar-refractivity contribution in [2.45, 2.75) is 26.2 Å². The summed E-state index contributed by atoms with van der Waals surface area (Å²) >= 11 is 0. The van der Waals surface area contributed by atoms with Gasteiger partial charge in [0.2, 0.25) is 17.3 Å². The molecule has 6 heteroatoms. The Bertz CT molecular complexity index is 1100. The summed E-state index contributed by atoms with van der Waals surface area (Å²) in [4.78, 5) is 38.9. The molecule has 142 valence electrons. The molecule has 0 bridgehead atoms. The fourth-order valence-corrected chi connectivity index (χ4v) is 3.01. The van der Waals surface area contributed by atoms with Gasteiger partial charge in [0.25, 0.3) is 0 Å². The highest BCUT2D eigenvalue weighted by Gasteiger charge is 2.22. The second-order valence-corrected chi connectivity index (χ2v) is 6.20. The van der Waals surface area contributed by atoms with Gasteiger partial charge in [-0.1, -0.05) is 36.4 Å². The van der Waals surface area contributed by atoms with Crippen LogP contribution in [0, 0.1) is 0 Å². The number of carbonyl (C=O) groups is 1. The Labute approximate surface area is 161 Å². The van der Waals surface area contributed by atoms with Gasteiger partial charge < -0.3 is 9.15 Å². The van der Waals surface area contributed by atoms with Gasteiger partial charge in [0.1, 0.15) is 5.58 Å². The minimum absolute atomic E-state index is 0.102. The summed E-state index contributed by atoms with van der Waals surface area (Å²) in [5.41, 5.74) is 1.51. The van der Waals surface area contributed by atoms with Crippen LogP contribution in [0.3, 0.4) is 0 Å². The molecule has 0 N–H and O–H groups in total. The smallest absolute Gasteiger partial charge is 0.376 e. The fraction of sp³-hybridized carbons (Fsp3) is 0.227. The van der Waals surface area contributed by atoms with Gasteiger partial charge in [0, 0.05) is 0 Å². The molecule has 0 amide bonds. The maximum Gasteiger partial charge on any atom is 0.376 e. The molecule has 0 radical (unpaired) electrons. The van der Waals surface area contributed by atoms with E-state index in [2.05, 4.69) is 17.1 Å². The second-order valence-electron chi connectivity index (χ2n) is 6.20. The molecular formula is C22H19NO5. The van der Waals surface area contributed by atoms with Crippen LogP contribution in [-0.2, 0) is 22.4 Å². The number of fused-ring (bicyclic) bond motifs is 1. The van der Waals surface area contributed by atoms with Crippen LogP contribution in [0.25, 0.3) is 11.0 Å². The lowest BCUT2D eigenvalue weighted by molar-refractivity contribution is 0.0492. The Kier molecular flexibility index (Phi) is 6.14. The Morgan fingerprint density at radius 1 is 1.11 bits per heavy atom. The van der Waals surface area contributed by atoms with Crippen molar-refractivity contribution < 1.29 is 18.7 Å². The molecule has 3 rings (SSSR count). The van der Waals surface area contributed by atoms with Crippen molar-refractivity contribution in [1.82, 2.24) is 0 Å². The molecule has 0 aliphatic heterocycles. The maximum atomic E-state index is 12.8. The SMILES string of the molecule is CCOC(=O)c1oc2ccc(CCCc3ccccc3)cc2c(=O)c1N=C=O. The van der Waals surface area contributed by atoms with Gasteiger partial charge in [-0.15, -0.1) is 0 Å². The van der Waals surface area contributed by atoms with Gasteiger partial charge in [0.15, 0.2) is 5.69 Å². The number of benzene rings is 2. The first-order valence-corrected chi connectivity index (χ1v) is 9.02. The predicted molar refractivity (Wildman–Crippen MR) is 105 cm³/mol. The molecule has 0 aliphatic carbocycles. The summed E-state index contributed by atoms with van der Waals surface area (Å²) in [7, 11) is 0. The molecule has 2 aromatic carbocycles. The monoisotopic (exact) mass is 377 g/mol. The summed E-state index contributed by atoms with van der Waals surface area (Å²) in [6, 6.07) is 15.4. The number of rotatable bonds is 7.